The van der Waals surface area contributed by atoms with Gasteiger partial charge in [-0.15, -0.1) is 0 Å². The van der Waals surface area contributed by atoms with E-state index in [2.05, 4.69) is 15.5 Å². The molecule has 1 aromatic carbocycles. The van der Waals surface area contributed by atoms with Crippen molar-refractivity contribution >= 4 is 17.3 Å². The number of rotatable bonds is 6. The first-order valence-electron chi connectivity index (χ1n) is 6.70. The summed E-state index contributed by atoms with van der Waals surface area (Å²) in [6.45, 7) is 4.39. The predicted molar refractivity (Wildman–Crippen MR) is 78.0 cm³/mol. The number of esters is 1. The number of hydrogen-bond donors (Lipinski definition) is 2. The van der Waals surface area contributed by atoms with Crippen LogP contribution in [0.5, 0.6) is 0 Å². The van der Waals surface area contributed by atoms with E-state index >= 15 is 0 Å². The number of nitrogens with two attached hydrogens (primary N) is 1. The van der Waals surface area contributed by atoms with Crippen LogP contribution in [0.2, 0.25) is 0 Å². The topological polar surface area (TPSA) is 103 Å². The van der Waals surface area contributed by atoms with Gasteiger partial charge in [0.15, 0.2) is 5.82 Å². The second kappa shape index (κ2) is 6.74. The molecule has 7 nitrogen and oxygen atoms in total. The Kier molecular flexibility index (Phi) is 4.76. The van der Waals surface area contributed by atoms with Crippen molar-refractivity contribution in [3.05, 3.63) is 35.5 Å². The Labute approximate surface area is 122 Å². The van der Waals surface area contributed by atoms with Crippen molar-refractivity contribution in [3.63, 3.8) is 0 Å². The van der Waals surface area contributed by atoms with Gasteiger partial charge in [-0.3, -0.25) is 0 Å². The van der Waals surface area contributed by atoms with Gasteiger partial charge in [-0.1, -0.05) is 11.2 Å². The molecule has 0 saturated carbocycles. The minimum atomic E-state index is -0.424. The van der Waals surface area contributed by atoms with E-state index in [4.69, 9.17) is 15.0 Å². The number of aryl methyl sites for hydroxylation is 1. The van der Waals surface area contributed by atoms with Gasteiger partial charge >= 0.3 is 5.97 Å². The fraction of sp³-hybridized carbons (Fsp3) is 0.357. The average Bonchev–Trinajstić information content (AvgIpc) is 2.86. The van der Waals surface area contributed by atoms with Crippen molar-refractivity contribution < 1.29 is 14.1 Å². The maximum absolute atomic E-state index is 11.8. The smallest absolute Gasteiger partial charge is 0.340 e. The van der Waals surface area contributed by atoms with Gasteiger partial charge in [-0.05, 0) is 19.1 Å². The molecule has 2 aromatic rings. The summed E-state index contributed by atoms with van der Waals surface area (Å²) in [7, 11) is 0. The summed E-state index contributed by atoms with van der Waals surface area (Å²) < 4.78 is 9.85. The highest BCUT2D eigenvalue weighted by Crippen LogP contribution is 2.23. The number of anilines is 2. The predicted octanol–water partition coefficient (Wildman–Crippen LogP) is 1.79. The molecule has 1 heterocycles. The van der Waals surface area contributed by atoms with E-state index in [1.54, 1.807) is 32.0 Å². The van der Waals surface area contributed by atoms with Crippen LogP contribution in [-0.2, 0) is 11.2 Å². The molecular formula is C14H18N4O3. The zero-order valence-corrected chi connectivity index (χ0v) is 12.0. The van der Waals surface area contributed by atoms with E-state index in [1.807, 2.05) is 0 Å². The van der Waals surface area contributed by atoms with Gasteiger partial charge in [-0.25, -0.2) is 4.79 Å². The second-order valence-electron chi connectivity index (χ2n) is 4.39. The number of nitrogens with zero attached hydrogens (tertiary/aromatic N) is 2. The van der Waals surface area contributed by atoms with E-state index in [0.29, 0.717) is 48.2 Å². The molecule has 0 fully saturated rings. The van der Waals surface area contributed by atoms with Gasteiger partial charge in [0.25, 0.3) is 0 Å². The maximum atomic E-state index is 11.8. The maximum Gasteiger partial charge on any atom is 0.340 e. The van der Waals surface area contributed by atoms with Crippen molar-refractivity contribution in [2.45, 2.75) is 20.3 Å². The molecule has 2 rings (SSSR count). The molecule has 0 aliphatic carbocycles. The molecule has 0 bridgehead atoms. The largest absolute Gasteiger partial charge is 0.462 e. The second-order valence-corrected chi connectivity index (χ2v) is 4.39. The molecule has 0 amide bonds. The Hall–Kier alpha value is -2.57. The van der Waals surface area contributed by atoms with Gasteiger partial charge in [0.2, 0.25) is 5.89 Å². The fourth-order valence-corrected chi connectivity index (χ4v) is 1.86. The Balaban J connectivity index is 2.00. The highest BCUT2D eigenvalue weighted by Gasteiger charge is 2.13. The van der Waals surface area contributed by atoms with Crippen LogP contribution in [0.15, 0.2) is 22.7 Å². The van der Waals surface area contributed by atoms with Crippen molar-refractivity contribution in [3.8, 4) is 0 Å². The first-order chi connectivity index (χ1) is 10.1. The number of aromatic nitrogens is 2. The number of ether oxygens (including phenoxy) is 1. The molecule has 21 heavy (non-hydrogen) atoms. The van der Waals surface area contributed by atoms with Crippen LogP contribution in [0.3, 0.4) is 0 Å². The van der Waals surface area contributed by atoms with Crippen molar-refractivity contribution in [1.29, 1.82) is 0 Å². The van der Waals surface area contributed by atoms with Crippen molar-refractivity contribution in [2.75, 3.05) is 24.2 Å². The Bertz CT molecular complexity index is 624. The summed E-state index contributed by atoms with van der Waals surface area (Å²) in [4.78, 5) is 15.9. The minimum Gasteiger partial charge on any atom is -0.462 e. The van der Waals surface area contributed by atoms with Crippen molar-refractivity contribution in [1.82, 2.24) is 10.1 Å². The Morgan fingerprint density at radius 3 is 2.95 bits per heavy atom. The summed E-state index contributed by atoms with van der Waals surface area (Å²) >= 11 is 0. The third-order valence-electron chi connectivity index (χ3n) is 2.84. The molecule has 112 valence electrons. The van der Waals surface area contributed by atoms with E-state index in [-0.39, 0.29) is 0 Å². The number of carbonyl (C=O) groups is 1. The summed E-state index contributed by atoms with van der Waals surface area (Å²) in [5.74, 6) is 0.737. The molecule has 3 N–H and O–H groups in total. The molecular weight excluding hydrogens is 272 g/mol. The third-order valence-corrected chi connectivity index (χ3v) is 2.84. The lowest BCUT2D eigenvalue weighted by molar-refractivity contribution is 0.0527. The highest BCUT2D eigenvalue weighted by atomic mass is 16.5. The minimum absolute atomic E-state index is 0.313. The molecule has 7 heteroatoms. The van der Waals surface area contributed by atoms with Crippen LogP contribution in [0.25, 0.3) is 0 Å². The van der Waals surface area contributed by atoms with Crippen LogP contribution >= 0.6 is 0 Å². The number of nitrogens with one attached hydrogen (secondary N) is 1. The number of nitrogen functional groups attached to an aromatic ring is 1. The number of hydrogen-bond acceptors (Lipinski definition) is 7. The zero-order chi connectivity index (χ0) is 15.2. The van der Waals surface area contributed by atoms with Crippen LogP contribution in [0, 0.1) is 6.92 Å². The third kappa shape index (κ3) is 3.71. The summed E-state index contributed by atoms with van der Waals surface area (Å²) in [6.07, 6.45) is 0.598. The van der Waals surface area contributed by atoms with Gasteiger partial charge < -0.3 is 20.3 Å². The SMILES string of the molecule is CCOC(=O)c1cccc(NCCc2noc(C)n2)c1N. The lowest BCUT2D eigenvalue weighted by atomic mass is 10.1. The molecule has 0 spiro atoms. The van der Waals surface area contributed by atoms with Crippen molar-refractivity contribution in [2.24, 2.45) is 0 Å². The normalized spacial score (nSPS) is 10.4. The van der Waals surface area contributed by atoms with Crippen LogP contribution in [0.4, 0.5) is 11.4 Å². The molecule has 0 radical (unpaired) electrons. The first kappa shape index (κ1) is 14.8. The molecule has 0 unspecified atom stereocenters. The fourth-order valence-electron chi connectivity index (χ4n) is 1.86. The molecule has 0 saturated heterocycles. The van der Waals surface area contributed by atoms with Crippen LogP contribution < -0.4 is 11.1 Å². The Morgan fingerprint density at radius 1 is 1.48 bits per heavy atom. The van der Waals surface area contributed by atoms with Gasteiger partial charge in [0.1, 0.15) is 0 Å². The van der Waals surface area contributed by atoms with E-state index in [1.165, 1.54) is 0 Å². The molecule has 0 atom stereocenters. The first-order valence-corrected chi connectivity index (χ1v) is 6.70. The molecule has 1 aromatic heterocycles. The van der Waals surface area contributed by atoms with Gasteiger partial charge in [0, 0.05) is 19.9 Å². The summed E-state index contributed by atoms with van der Waals surface area (Å²) in [6, 6.07) is 5.20. The van der Waals surface area contributed by atoms with E-state index < -0.39 is 5.97 Å². The number of carbonyl (C=O) groups excluding carboxylic acids is 1. The van der Waals surface area contributed by atoms with Crippen LogP contribution in [0.1, 0.15) is 29.0 Å². The van der Waals surface area contributed by atoms with E-state index in [9.17, 15) is 4.79 Å². The Morgan fingerprint density at radius 2 is 2.29 bits per heavy atom. The summed E-state index contributed by atoms with van der Waals surface area (Å²) in [5.41, 5.74) is 7.40. The van der Waals surface area contributed by atoms with E-state index in [0.717, 1.165) is 0 Å². The van der Waals surface area contributed by atoms with Gasteiger partial charge in [0.05, 0.1) is 23.5 Å². The lowest BCUT2D eigenvalue weighted by Crippen LogP contribution is -2.12. The average molecular weight is 290 g/mol. The van der Waals surface area contributed by atoms with Gasteiger partial charge in [-0.2, -0.15) is 4.98 Å². The van der Waals surface area contributed by atoms with Crippen LogP contribution in [-0.4, -0.2) is 29.3 Å². The lowest BCUT2D eigenvalue weighted by Gasteiger charge is -2.11. The standard InChI is InChI=1S/C14H18N4O3/c1-3-20-14(19)10-5-4-6-11(13(10)15)16-8-7-12-17-9(2)21-18-12/h4-6,16H,3,7-8,15H2,1-2H3. The number of benzene rings is 1. The summed E-state index contributed by atoms with van der Waals surface area (Å²) in [5, 5.41) is 6.96. The molecule has 0 aliphatic rings. The highest BCUT2D eigenvalue weighted by molar-refractivity contribution is 5.98. The monoisotopic (exact) mass is 290 g/mol. The zero-order valence-electron chi connectivity index (χ0n) is 12.0. The number of para-hydroxylation sites is 1. The quantitative estimate of drug-likeness (QED) is 0.617. The molecule has 0 aliphatic heterocycles.